The van der Waals surface area contributed by atoms with Crippen LogP contribution in [0.5, 0.6) is 0 Å². The highest BCUT2D eigenvalue weighted by molar-refractivity contribution is 7.47. The summed E-state index contributed by atoms with van der Waals surface area (Å²) in [5.74, 6) is -2.97. The number of hydrogen-bond donors (Lipinski definition) is 10. The van der Waals surface area contributed by atoms with Crippen molar-refractivity contribution in [3.63, 3.8) is 0 Å². The smallest absolute Gasteiger partial charge is 0.463 e. The van der Waals surface area contributed by atoms with E-state index in [4.69, 9.17) is 46.9 Å². The number of unbranched alkanes of at least 4 members (excludes halogenated alkanes) is 53. The van der Waals surface area contributed by atoms with Crippen LogP contribution in [0.1, 0.15) is 426 Å². The third-order valence-corrected chi connectivity index (χ3v) is 24.8. The highest BCUT2D eigenvalue weighted by Gasteiger charge is 2.60. The number of esters is 4. The summed E-state index contributed by atoms with van der Waals surface area (Å²) in [4.78, 5) is 66.5. The fourth-order valence-corrected chi connectivity index (χ4v) is 17.0. The molecule has 18 atom stereocenters. The van der Waals surface area contributed by atoms with Gasteiger partial charge in [0.25, 0.3) is 0 Å². The van der Waals surface area contributed by atoms with Gasteiger partial charge in [-0.2, -0.15) is 0 Å². The molecule has 2 heterocycles. The molecule has 0 radical (unpaired) electrons. The second-order valence-corrected chi connectivity index (χ2v) is 36.0. The summed E-state index contributed by atoms with van der Waals surface area (Å²) < 4.78 is 73.5. The molecule has 0 aromatic heterocycles. The average molecular weight is 1720 g/mol. The fourth-order valence-electron chi connectivity index (χ4n) is 16.1. The number of aliphatic hydroxyl groups is 9. The van der Waals surface area contributed by atoms with Gasteiger partial charge in [0.15, 0.2) is 24.8 Å². The quantitative estimate of drug-likeness (QED) is 0.00889. The molecule has 18 unspecified atom stereocenters. The first-order valence-corrected chi connectivity index (χ1v) is 49.9. The van der Waals surface area contributed by atoms with Crippen LogP contribution in [0.4, 0.5) is 0 Å². The highest BCUT2D eigenvalue weighted by Crippen LogP contribution is 2.49. The normalized spacial score (nSPS) is 24.8. The van der Waals surface area contributed by atoms with E-state index in [0.29, 0.717) is 38.5 Å². The molecule has 26 heteroatoms. The summed E-state index contributed by atoms with van der Waals surface area (Å²) >= 11 is 0. The van der Waals surface area contributed by atoms with Crippen LogP contribution < -0.4 is 0 Å². The molecule has 0 amide bonds. The molecule has 3 aliphatic rings. The van der Waals surface area contributed by atoms with Crippen LogP contribution in [-0.2, 0) is 70.7 Å². The van der Waals surface area contributed by atoms with Crippen molar-refractivity contribution >= 4 is 31.7 Å². The van der Waals surface area contributed by atoms with Crippen LogP contribution in [0.3, 0.4) is 0 Å². The number of phosphoric acid groups is 1. The maximum absolute atomic E-state index is 14.9. The Balaban J connectivity index is 1.90. The van der Waals surface area contributed by atoms with E-state index >= 15 is 0 Å². The molecule has 0 bridgehead atoms. The van der Waals surface area contributed by atoms with Crippen molar-refractivity contribution in [2.24, 2.45) is 0 Å². The van der Waals surface area contributed by atoms with Gasteiger partial charge in [0.2, 0.25) is 0 Å². The minimum Gasteiger partial charge on any atom is -0.463 e. The Morgan fingerprint density at radius 2 is 0.630 bits per heavy atom. The van der Waals surface area contributed by atoms with E-state index in [-0.39, 0.29) is 25.7 Å². The number of hydrogen-bond acceptors (Lipinski definition) is 24. The lowest BCUT2D eigenvalue weighted by molar-refractivity contribution is -0.360. The highest BCUT2D eigenvalue weighted by atomic mass is 31.2. The summed E-state index contributed by atoms with van der Waals surface area (Å²) in [6.45, 7) is 5.62. The van der Waals surface area contributed by atoms with Gasteiger partial charge in [0.1, 0.15) is 92.6 Å². The predicted octanol–water partition coefficient (Wildman–Crippen LogP) is 18.3. The Hall–Kier alpha value is -2.79. The molecule has 25 nitrogen and oxygen atoms in total. The third-order valence-electron chi connectivity index (χ3n) is 23.8. The fraction of sp³-hybridized carbons (Fsp3) is 0.935. The lowest BCUT2D eigenvalue weighted by atomic mass is 9.84. The first-order chi connectivity index (χ1) is 57.7. The molecule has 1 saturated carbocycles. The molecule has 3 rings (SSSR count). The van der Waals surface area contributed by atoms with E-state index in [2.05, 4.69) is 39.8 Å². The van der Waals surface area contributed by atoms with Crippen molar-refractivity contribution in [3.8, 4) is 0 Å². The zero-order chi connectivity index (χ0) is 86.8. The molecule has 0 aromatic carbocycles. The Bertz CT molecular complexity index is 2520. The lowest BCUT2D eigenvalue weighted by Gasteiger charge is -2.50. The number of allylic oxidation sites excluding steroid dienone is 2. The molecule has 700 valence electrons. The van der Waals surface area contributed by atoms with Gasteiger partial charge < -0.3 is 88.7 Å². The monoisotopic (exact) mass is 1720 g/mol. The second kappa shape index (κ2) is 72.3. The molecular weight excluding hydrogens is 1550 g/mol. The first-order valence-electron chi connectivity index (χ1n) is 48.4. The van der Waals surface area contributed by atoms with Crippen molar-refractivity contribution in [2.75, 3.05) is 26.4 Å². The van der Waals surface area contributed by atoms with E-state index in [1.54, 1.807) is 0 Å². The van der Waals surface area contributed by atoms with E-state index in [1.807, 2.05) is 0 Å². The van der Waals surface area contributed by atoms with Crippen LogP contribution >= 0.6 is 7.82 Å². The van der Waals surface area contributed by atoms with Crippen molar-refractivity contribution in [1.82, 2.24) is 0 Å². The van der Waals surface area contributed by atoms with E-state index < -0.39 is 162 Å². The van der Waals surface area contributed by atoms with Crippen molar-refractivity contribution in [2.45, 2.75) is 530 Å². The summed E-state index contributed by atoms with van der Waals surface area (Å²) in [6, 6.07) is 0. The maximum Gasteiger partial charge on any atom is 0.472 e. The number of rotatable bonds is 79. The molecule has 10 N–H and O–H groups in total. The SMILES string of the molecule is CCCCCCCC/C=C\CCCCCC(=O)OC(COC(=O)CCCCCCCCCCCCCCCCCC)COP(=O)(O)OC1C(OC2OC(CO)C(O)C(O)C2O)C(O)C(O)C(OC(=O)CCCCCCCCCCCCCCCCC)C1OC1OC(COC(=O)CCCCCCCCCCCCCCCCCC)C(O)C(O)C1O. The topological polar surface area (TPSA) is 380 Å². The number of ether oxygens (including phenoxy) is 8. The standard InChI is InChI=1S/C93H173O25P/c1-5-9-13-17-21-25-29-33-36-39-42-45-49-53-57-61-65-76(95)109-70-73(112-78(97)67-63-59-55-51-47-41-32-28-24-20-16-12-8-4)71-111-119(107,108)118-91-89(116-92-86(105)82(101)80(99)74(69-94)113-92)85(104)84(103)88(115-79(98)68-64-60-56-52-48-44-38-35-31-27-23-19-15-11-7-3)90(91)117-93-87(106)83(102)81(100)75(114-93)72-110-77(96)66-62-58-54-50-46-43-40-37-34-30-26-22-18-14-10-6-2/h41,47,73-75,80-94,99-106H,5-40,42-46,48-72H2,1-4H3,(H,107,108)/b47-41-. The van der Waals surface area contributed by atoms with Gasteiger partial charge in [-0.15, -0.1) is 0 Å². The molecule has 3 fully saturated rings. The van der Waals surface area contributed by atoms with Crippen LogP contribution in [0.15, 0.2) is 12.2 Å². The zero-order valence-electron chi connectivity index (χ0n) is 74.7. The van der Waals surface area contributed by atoms with Crippen LogP contribution in [0.2, 0.25) is 0 Å². The molecule has 119 heavy (non-hydrogen) atoms. The molecule has 2 aliphatic heterocycles. The van der Waals surface area contributed by atoms with Gasteiger partial charge in [-0.05, 0) is 51.4 Å². The Morgan fingerprint density at radius 3 is 1.01 bits per heavy atom. The summed E-state index contributed by atoms with van der Waals surface area (Å²) in [7, 11) is -5.81. The van der Waals surface area contributed by atoms with Gasteiger partial charge in [0, 0.05) is 25.7 Å². The molecular formula is C93H173O25P. The summed E-state index contributed by atoms with van der Waals surface area (Å²) in [6.07, 6.45) is 31.9. The third kappa shape index (κ3) is 52.2. The zero-order valence-corrected chi connectivity index (χ0v) is 75.6. The van der Waals surface area contributed by atoms with E-state index in [9.17, 15) is 74.6 Å². The minimum absolute atomic E-state index is 0.0187. The van der Waals surface area contributed by atoms with Gasteiger partial charge in [-0.3, -0.25) is 28.2 Å². The van der Waals surface area contributed by atoms with E-state index in [1.165, 1.54) is 212 Å². The predicted molar refractivity (Wildman–Crippen MR) is 463 cm³/mol. The second-order valence-electron chi connectivity index (χ2n) is 34.6. The molecule has 0 spiro atoms. The minimum atomic E-state index is -5.81. The van der Waals surface area contributed by atoms with Crippen LogP contribution in [0, 0.1) is 0 Å². The van der Waals surface area contributed by atoms with Gasteiger partial charge in [0.05, 0.1) is 13.2 Å². The lowest BCUT2D eigenvalue weighted by Crippen LogP contribution is -2.70. The van der Waals surface area contributed by atoms with Crippen molar-refractivity contribution in [3.05, 3.63) is 12.2 Å². The Morgan fingerprint density at radius 1 is 0.328 bits per heavy atom. The van der Waals surface area contributed by atoms with Crippen LogP contribution in [0.25, 0.3) is 0 Å². The first kappa shape index (κ1) is 110. The van der Waals surface area contributed by atoms with Gasteiger partial charge >= 0.3 is 31.7 Å². The summed E-state index contributed by atoms with van der Waals surface area (Å²) in [5.41, 5.74) is 0. The van der Waals surface area contributed by atoms with E-state index in [0.717, 1.165) is 122 Å². The average Bonchev–Trinajstić information content (AvgIpc) is 0.754. The maximum atomic E-state index is 14.9. The number of carbonyl (C=O) groups is 4. The van der Waals surface area contributed by atoms with Crippen LogP contribution in [-0.4, -0.2) is 205 Å². The Labute approximate surface area is 718 Å². The number of phosphoric ester groups is 1. The molecule has 2 saturated heterocycles. The largest absolute Gasteiger partial charge is 0.472 e. The number of carbonyl (C=O) groups excluding carboxylic acids is 4. The molecule has 0 aromatic rings. The van der Waals surface area contributed by atoms with Gasteiger partial charge in [-0.1, -0.05) is 361 Å². The number of aliphatic hydroxyl groups excluding tert-OH is 9. The van der Waals surface area contributed by atoms with Crippen molar-refractivity contribution < 1.29 is 122 Å². The summed E-state index contributed by atoms with van der Waals surface area (Å²) in [5, 5.41) is 102. The molecule has 1 aliphatic carbocycles. The van der Waals surface area contributed by atoms with Crippen molar-refractivity contribution in [1.29, 1.82) is 0 Å². The van der Waals surface area contributed by atoms with Gasteiger partial charge in [-0.25, -0.2) is 4.57 Å². The Kier molecular flexibility index (Phi) is 67.0.